The number of pyridine rings is 1. The van der Waals surface area contributed by atoms with Crippen LogP contribution in [0.5, 0.6) is 0 Å². The molecule has 8 heterocycles. The number of amides is 7. The lowest BCUT2D eigenvalue weighted by atomic mass is 9.86. The van der Waals surface area contributed by atoms with Crippen LogP contribution >= 0.6 is 68.0 Å². The topological polar surface area (TPSA) is 372 Å². The number of carbonyl (C=O) groups is 8. The van der Waals surface area contributed by atoms with Gasteiger partial charge >= 0.3 is 18.0 Å². The molecule has 32 heteroatoms. The average molecular weight is 1320 g/mol. The zero-order valence-electron chi connectivity index (χ0n) is 48.1. The number of nitrogens with zero attached hydrogens (tertiary/aromatic N) is 8. The molecule has 4 atom stereocenters. The third-order valence-corrected chi connectivity index (χ3v) is 20.2. The number of methoxy groups -OCH3 is 1. The quantitative estimate of drug-likeness (QED) is 0.0537. The van der Waals surface area contributed by atoms with Gasteiger partial charge in [-0.2, -0.15) is 0 Å². The van der Waals surface area contributed by atoms with Gasteiger partial charge in [-0.3, -0.25) is 38.5 Å². The monoisotopic (exact) mass is 1320 g/mol. The fourth-order valence-electron chi connectivity index (χ4n) is 9.83. The average Bonchev–Trinajstić information content (AvgIpc) is 2.72. The number of fused-ring (bicyclic) bond motifs is 14. The summed E-state index contributed by atoms with van der Waals surface area (Å²) < 4.78 is 5.45. The van der Waals surface area contributed by atoms with Gasteiger partial charge in [-0.1, -0.05) is 44.2 Å². The standard InChI is InChI=1S/C57H58N14O12S6/c1-25(2)41-55-70-44(36(89-55)20-83-5)48(78)59-18-39(73)67-45(46(76)27-9-7-6-8-10-27)54-65-35(23-86-54)52-63-33(21-85-52)43-30(50-64-34(22-84-50)47(77)62-32(17-38(72)58-4)53-69-42(26(3)88-53)49(79)68-41)15-16-31(61-43)51-66-37(24-87-51)71(19-40(74)75)57(82)60-29-13-11-28(12-14-29)56(80)81/h6-10,15-16,21-25,28-29,32,41,45-46,76H,11-14,17-20H2,1-5H3,(H,58,72)(H,59,78)(H,60,82)(H,62,77)(H,67,73)(H,68,79)(H,74,75)(H,80,81)/t28?,29?,32-,41-,45-,46-/m0/s1. The first kappa shape index (κ1) is 63.6. The van der Waals surface area contributed by atoms with E-state index in [1.54, 1.807) is 60.1 Å². The van der Waals surface area contributed by atoms with Gasteiger partial charge in [-0.05, 0) is 56.2 Å². The number of thiazole rings is 6. The molecule has 0 saturated heterocycles. The Kier molecular flexibility index (Phi) is 20.0. The number of aryl methyl sites for hydroxylation is 1. The molecule has 0 radical (unpaired) electrons. The van der Waals surface area contributed by atoms with E-state index < -0.39 is 90.7 Å². The Morgan fingerprint density at radius 1 is 0.697 bits per heavy atom. The molecule has 26 nitrogen and oxygen atoms in total. The maximum absolute atomic E-state index is 14.4. The number of nitrogens with one attached hydrogen (secondary N) is 6. The third kappa shape index (κ3) is 14.7. The number of carboxylic acids is 2. The van der Waals surface area contributed by atoms with Crippen molar-refractivity contribution in [1.82, 2.24) is 66.8 Å². The highest BCUT2D eigenvalue weighted by molar-refractivity contribution is 7.15. The first-order valence-electron chi connectivity index (χ1n) is 27.7. The number of rotatable bonds is 13. The fourth-order valence-corrected chi connectivity index (χ4v) is 15.4. The largest absolute Gasteiger partial charge is 0.481 e. The SMILES string of the molecule is CNC(=O)C[C@@H]1NC(=O)c2csc(n2)-c2ccc(-c3nc(N(CC(=O)O)C(=O)NC4CCC(C(=O)O)CC4)cs3)nc2-c2csc(n2)-c2csc(n2)[C@H]([C@@H](O)c2ccccc2)NC(=O)CNC(=O)c2nc(sc2COC)[C@H](C(C)C)NC(=O)c2nc1sc2C. The van der Waals surface area contributed by atoms with E-state index in [0.29, 0.717) is 88.7 Å². The zero-order valence-corrected chi connectivity index (χ0v) is 53.0. The third-order valence-electron chi connectivity index (χ3n) is 14.5. The van der Waals surface area contributed by atoms with Gasteiger partial charge < -0.3 is 52.0 Å². The van der Waals surface area contributed by atoms with Gasteiger partial charge in [-0.15, -0.1) is 68.0 Å². The second-order valence-corrected chi connectivity index (χ2v) is 26.8. The minimum absolute atomic E-state index is 0.0156. The van der Waals surface area contributed by atoms with E-state index in [4.69, 9.17) is 24.7 Å². The van der Waals surface area contributed by atoms with E-state index in [0.717, 1.165) is 61.6 Å². The molecule has 1 aliphatic carbocycles. The molecule has 9 N–H and O–H groups in total. The fraction of sp³-hybridized carbons (Fsp3) is 0.351. The van der Waals surface area contributed by atoms with Crippen LogP contribution in [0.2, 0.25) is 0 Å². The van der Waals surface area contributed by atoms with Crippen molar-refractivity contribution in [3.63, 3.8) is 0 Å². The van der Waals surface area contributed by atoms with Crippen molar-refractivity contribution < 1.29 is 58.4 Å². The van der Waals surface area contributed by atoms with Crippen LogP contribution in [0.3, 0.4) is 0 Å². The summed E-state index contributed by atoms with van der Waals surface area (Å²) in [5.74, 6) is -5.99. The molecule has 1 aliphatic heterocycles. The molecular formula is C57H58N14O12S6. The summed E-state index contributed by atoms with van der Waals surface area (Å²) in [6.07, 6.45) is -0.0562. The van der Waals surface area contributed by atoms with Crippen LogP contribution in [0.15, 0.2) is 64.0 Å². The van der Waals surface area contributed by atoms with E-state index in [2.05, 4.69) is 46.9 Å². The lowest BCUT2D eigenvalue weighted by Gasteiger charge is -2.29. The number of aliphatic hydroxyl groups excluding tert-OH is 1. The zero-order chi connectivity index (χ0) is 63.2. The first-order valence-corrected chi connectivity index (χ1v) is 32.9. The maximum Gasteiger partial charge on any atom is 0.323 e. The first-order chi connectivity index (χ1) is 42.7. The van der Waals surface area contributed by atoms with Gasteiger partial charge in [0.1, 0.15) is 88.7 Å². The molecule has 1 saturated carbocycles. The second kappa shape index (κ2) is 28.0. The van der Waals surface area contributed by atoms with Crippen LogP contribution in [0, 0.1) is 18.8 Å². The number of urea groups is 1. The smallest absolute Gasteiger partial charge is 0.323 e. The highest BCUT2D eigenvalue weighted by Crippen LogP contribution is 2.40. The van der Waals surface area contributed by atoms with Gasteiger partial charge in [0.2, 0.25) is 11.8 Å². The lowest BCUT2D eigenvalue weighted by molar-refractivity contribution is -0.143. The summed E-state index contributed by atoms with van der Waals surface area (Å²) in [7, 11) is 2.91. The Bertz CT molecular complexity index is 3960. The number of hydrogen-bond donors (Lipinski definition) is 9. The summed E-state index contributed by atoms with van der Waals surface area (Å²) >= 11 is 6.86. The highest BCUT2D eigenvalue weighted by atomic mass is 32.1. The summed E-state index contributed by atoms with van der Waals surface area (Å²) in [4.78, 5) is 143. The number of hydrogen-bond acceptors (Lipinski definition) is 23. The molecule has 10 bridgehead atoms. The van der Waals surface area contributed by atoms with Crippen molar-refractivity contribution in [3.05, 3.63) is 111 Å². The Morgan fingerprint density at radius 2 is 1.39 bits per heavy atom. The van der Waals surface area contributed by atoms with Gasteiger partial charge in [0.05, 0.1) is 48.1 Å². The van der Waals surface area contributed by atoms with Crippen LogP contribution in [-0.4, -0.2) is 131 Å². The number of benzene rings is 1. The predicted octanol–water partition coefficient (Wildman–Crippen LogP) is 7.56. The number of anilines is 1. The molecule has 10 rings (SSSR count). The maximum atomic E-state index is 14.4. The van der Waals surface area contributed by atoms with Gasteiger partial charge in [-0.25, -0.2) is 39.7 Å². The highest BCUT2D eigenvalue weighted by Gasteiger charge is 2.34. The Morgan fingerprint density at radius 3 is 2.11 bits per heavy atom. The van der Waals surface area contributed by atoms with Crippen molar-refractivity contribution in [2.24, 2.45) is 11.8 Å². The van der Waals surface area contributed by atoms with Crippen molar-refractivity contribution in [1.29, 1.82) is 0 Å². The van der Waals surface area contributed by atoms with Crippen LogP contribution in [0.4, 0.5) is 10.6 Å². The van der Waals surface area contributed by atoms with E-state index >= 15 is 0 Å². The van der Waals surface area contributed by atoms with Crippen molar-refractivity contribution >= 4 is 121 Å². The Labute approximate surface area is 531 Å². The van der Waals surface area contributed by atoms with Gasteiger partial charge in [0.25, 0.3) is 17.7 Å². The summed E-state index contributed by atoms with van der Waals surface area (Å²) in [6.45, 7) is 4.14. The molecule has 7 amide bonds. The molecule has 464 valence electrons. The molecule has 89 heavy (non-hydrogen) atoms. The van der Waals surface area contributed by atoms with E-state index in [9.17, 15) is 53.7 Å². The molecular weight excluding hydrogens is 1270 g/mol. The number of aromatic nitrogens is 7. The van der Waals surface area contributed by atoms with Gasteiger partial charge in [0.15, 0.2) is 0 Å². The van der Waals surface area contributed by atoms with Crippen LogP contribution in [0.25, 0.3) is 43.4 Å². The number of aliphatic carboxylic acids is 2. The van der Waals surface area contributed by atoms with E-state index in [-0.39, 0.29) is 58.6 Å². The molecule has 7 aromatic heterocycles. The van der Waals surface area contributed by atoms with Gasteiger partial charge in [0, 0.05) is 52.2 Å². The molecule has 1 fully saturated rings. The minimum atomic E-state index is -1.31. The normalized spacial score (nSPS) is 18.6. The molecule has 0 unspecified atom stereocenters. The summed E-state index contributed by atoms with van der Waals surface area (Å²) in [5.41, 5.74) is 2.18. The van der Waals surface area contributed by atoms with Crippen LogP contribution in [-0.2, 0) is 30.5 Å². The van der Waals surface area contributed by atoms with Crippen molar-refractivity contribution in [2.45, 2.75) is 89.8 Å². The summed E-state index contributed by atoms with van der Waals surface area (Å²) in [5, 5.41) is 56.7. The number of carboxylic acid groups (broad SMARTS) is 2. The molecule has 1 aromatic carbocycles. The Hall–Kier alpha value is -8.37. The molecule has 8 aromatic rings. The second-order valence-electron chi connectivity index (χ2n) is 21.0. The minimum Gasteiger partial charge on any atom is -0.481 e. The van der Waals surface area contributed by atoms with Crippen molar-refractivity contribution in [3.8, 4) is 43.4 Å². The molecule has 0 spiro atoms. The van der Waals surface area contributed by atoms with Crippen LogP contribution < -0.4 is 36.8 Å². The molecule has 2 aliphatic rings. The number of ether oxygens (including phenoxy) is 1. The van der Waals surface area contributed by atoms with Crippen molar-refractivity contribution in [2.75, 3.05) is 32.1 Å². The summed E-state index contributed by atoms with van der Waals surface area (Å²) in [6, 6.07) is 8.05. The van der Waals surface area contributed by atoms with E-state index in [1.165, 1.54) is 36.3 Å². The number of aliphatic hydroxyl groups is 1. The van der Waals surface area contributed by atoms with E-state index in [1.807, 2.05) is 13.8 Å². The van der Waals surface area contributed by atoms with Crippen LogP contribution in [0.1, 0.15) is 132 Å². The predicted molar refractivity (Wildman–Crippen MR) is 334 cm³/mol. The number of carbonyl (C=O) groups excluding carboxylic acids is 6. The lowest BCUT2D eigenvalue weighted by Crippen LogP contribution is -2.48. The Balaban J connectivity index is 1.04.